The first-order valence-electron chi connectivity index (χ1n) is 5.69. The summed E-state index contributed by atoms with van der Waals surface area (Å²) in [6.07, 6.45) is 2.40. The second kappa shape index (κ2) is 3.88. The van der Waals surface area contributed by atoms with Gasteiger partial charge in [0.1, 0.15) is 5.54 Å². The molecule has 1 atom stereocenters. The Bertz CT molecular complexity index is 402. The van der Waals surface area contributed by atoms with Gasteiger partial charge in [-0.05, 0) is 26.7 Å². The van der Waals surface area contributed by atoms with E-state index in [2.05, 4.69) is 10.1 Å². The zero-order chi connectivity index (χ0) is 11.8. The number of amides is 1. The van der Waals surface area contributed by atoms with Gasteiger partial charge in [-0.15, -0.1) is 0 Å². The summed E-state index contributed by atoms with van der Waals surface area (Å²) in [7, 11) is 0. The minimum atomic E-state index is -0.408. The minimum Gasteiger partial charge on any atom is -0.337 e. The van der Waals surface area contributed by atoms with Crippen molar-refractivity contribution in [3.05, 3.63) is 11.7 Å². The molecule has 0 radical (unpaired) electrons. The number of hydrogen-bond donors (Lipinski definition) is 0. The fourth-order valence-electron chi connectivity index (χ4n) is 2.29. The smallest absolute Gasteiger partial charge is 0.252 e. The van der Waals surface area contributed by atoms with Crippen LogP contribution in [-0.2, 0) is 10.3 Å². The van der Waals surface area contributed by atoms with Crippen LogP contribution in [0.15, 0.2) is 4.52 Å². The zero-order valence-corrected chi connectivity index (χ0v) is 9.99. The second-order valence-electron chi connectivity index (χ2n) is 4.42. The van der Waals surface area contributed by atoms with Crippen LogP contribution in [0.2, 0.25) is 0 Å². The SMILES string of the molecule is CCC(=O)N1CCC[C@]1(C)c1nc(C)no1. The predicted octanol–water partition coefficient (Wildman–Crippen LogP) is 1.63. The molecule has 1 fully saturated rings. The standard InChI is InChI=1S/C11H17N3O2/c1-4-9(15)14-7-5-6-11(14,3)10-12-8(2)13-16-10/h4-7H2,1-3H3/t11-/m1/s1. The second-order valence-corrected chi connectivity index (χ2v) is 4.42. The van der Waals surface area contributed by atoms with Gasteiger partial charge in [0.05, 0.1) is 0 Å². The van der Waals surface area contributed by atoms with Crippen molar-refractivity contribution >= 4 is 5.91 Å². The van der Waals surface area contributed by atoms with E-state index in [4.69, 9.17) is 4.52 Å². The molecule has 1 aromatic heterocycles. The van der Waals surface area contributed by atoms with Crippen molar-refractivity contribution in [1.82, 2.24) is 15.0 Å². The number of aromatic nitrogens is 2. The number of hydrogen-bond acceptors (Lipinski definition) is 4. The molecule has 0 N–H and O–H groups in total. The van der Waals surface area contributed by atoms with Gasteiger partial charge in [-0.3, -0.25) is 4.79 Å². The fraction of sp³-hybridized carbons (Fsp3) is 0.727. The lowest BCUT2D eigenvalue weighted by Gasteiger charge is -2.31. The Morgan fingerprint density at radius 1 is 1.62 bits per heavy atom. The van der Waals surface area contributed by atoms with E-state index >= 15 is 0 Å². The van der Waals surface area contributed by atoms with Crippen molar-refractivity contribution in [2.75, 3.05) is 6.54 Å². The normalized spacial score (nSPS) is 25.1. The highest BCUT2D eigenvalue weighted by Crippen LogP contribution is 2.37. The van der Waals surface area contributed by atoms with Crippen molar-refractivity contribution in [3.8, 4) is 0 Å². The summed E-state index contributed by atoms with van der Waals surface area (Å²) in [5, 5.41) is 3.80. The molecule has 0 bridgehead atoms. The average Bonchev–Trinajstić information content (AvgIpc) is 2.84. The third-order valence-electron chi connectivity index (χ3n) is 3.23. The van der Waals surface area contributed by atoms with Crippen molar-refractivity contribution in [2.24, 2.45) is 0 Å². The molecule has 0 unspecified atom stereocenters. The van der Waals surface area contributed by atoms with Crippen molar-refractivity contribution < 1.29 is 9.32 Å². The molecule has 0 spiro atoms. The van der Waals surface area contributed by atoms with Crippen LogP contribution in [0.4, 0.5) is 0 Å². The number of aryl methyl sites for hydroxylation is 1. The van der Waals surface area contributed by atoms with Gasteiger partial charge in [0, 0.05) is 13.0 Å². The summed E-state index contributed by atoms with van der Waals surface area (Å²) >= 11 is 0. The Kier molecular flexibility index (Phi) is 2.69. The minimum absolute atomic E-state index is 0.149. The third kappa shape index (κ3) is 1.60. The lowest BCUT2D eigenvalue weighted by Crippen LogP contribution is -2.42. The summed E-state index contributed by atoms with van der Waals surface area (Å²) in [6, 6.07) is 0. The molecule has 0 aromatic carbocycles. The number of rotatable bonds is 2. The van der Waals surface area contributed by atoms with Crippen LogP contribution in [-0.4, -0.2) is 27.5 Å². The molecular formula is C11H17N3O2. The molecule has 0 aliphatic carbocycles. The van der Waals surface area contributed by atoms with E-state index in [-0.39, 0.29) is 5.91 Å². The lowest BCUT2D eigenvalue weighted by atomic mass is 9.98. The van der Waals surface area contributed by atoms with E-state index in [0.717, 1.165) is 19.4 Å². The zero-order valence-electron chi connectivity index (χ0n) is 9.99. The van der Waals surface area contributed by atoms with Gasteiger partial charge in [0.25, 0.3) is 5.89 Å². The van der Waals surface area contributed by atoms with Gasteiger partial charge < -0.3 is 9.42 Å². The Labute approximate surface area is 94.8 Å². The largest absolute Gasteiger partial charge is 0.337 e. The Morgan fingerprint density at radius 3 is 2.94 bits per heavy atom. The monoisotopic (exact) mass is 223 g/mol. The molecule has 0 saturated carbocycles. The maximum Gasteiger partial charge on any atom is 0.252 e. The highest BCUT2D eigenvalue weighted by Gasteiger charge is 2.44. The van der Waals surface area contributed by atoms with Gasteiger partial charge in [-0.1, -0.05) is 12.1 Å². The van der Waals surface area contributed by atoms with Gasteiger partial charge >= 0.3 is 0 Å². The topological polar surface area (TPSA) is 59.2 Å². The van der Waals surface area contributed by atoms with Crippen molar-refractivity contribution in [2.45, 2.75) is 45.6 Å². The van der Waals surface area contributed by atoms with Crippen molar-refractivity contribution in [3.63, 3.8) is 0 Å². The van der Waals surface area contributed by atoms with E-state index in [9.17, 15) is 4.79 Å². The molecule has 88 valence electrons. The van der Waals surface area contributed by atoms with Crippen LogP contribution < -0.4 is 0 Å². The van der Waals surface area contributed by atoms with E-state index < -0.39 is 5.54 Å². The first-order chi connectivity index (χ1) is 7.58. The first kappa shape index (κ1) is 11.1. The number of likely N-dealkylation sites (tertiary alicyclic amines) is 1. The third-order valence-corrected chi connectivity index (χ3v) is 3.23. The molecule has 16 heavy (non-hydrogen) atoms. The van der Waals surface area contributed by atoms with E-state index in [1.54, 1.807) is 6.92 Å². The van der Waals surface area contributed by atoms with Gasteiger partial charge in [-0.2, -0.15) is 4.98 Å². The number of nitrogens with zero attached hydrogens (tertiary/aromatic N) is 3. The molecule has 5 nitrogen and oxygen atoms in total. The summed E-state index contributed by atoms with van der Waals surface area (Å²) in [6.45, 7) is 6.45. The summed E-state index contributed by atoms with van der Waals surface area (Å²) in [5.41, 5.74) is -0.408. The lowest BCUT2D eigenvalue weighted by molar-refractivity contribution is -0.135. The predicted molar refractivity (Wildman–Crippen MR) is 57.6 cm³/mol. The van der Waals surface area contributed by atoms with Crippen LogP contribution in [0.25, 0.3) is 0 Å². The average molecular weight is 223 g/mol. The van der Waals surface area contributed by atoms with Crippen LogP contribution in [0, 0.1) is 6.92 Å². The molecule has 1 amide bonds. The van der Waals surface area contributed by atoms with Gasteiger partial charge in [-0.25, -0.2) is 0 Å². The Balaban J connectivity index is 2.32. The van der Waals surface area contributed by atoms with Gasteiger partial charge in [0.15, 0.2) is 5.82 Å². The Morgan fingerprint density at radius 2 is 2.38 bits per heavy atom. The molecule has 1 saturated heterocycles. The summed E-state index contributed by atoms with van der Waals surface area (Å²) in [5.74, 6) is 1.33. The molecular weight excluding hydrogens is 206 g/mol. The van der Waals surface area contributed by atoms with E-state index in [1.807, 2.05) is 18.7 Å². The molecule has 5 heteroatoms. The number of carbonyl (C=O) groups excluding carboxylic acids is 1. The molecule has 2 rings (SSSR count). The number of carbonyl (C=O) groups is 1. The van der Waals surface area contributed by atoms with E-state index in [0.29, 0.717) is 18.1 Å². The maximum atomic E-state index is 11.8. The van der Waals surface area contributed by atoms with Gasteiger partial charge in [0.2, 0.25) is 5.91 Å². The Hall–Kier alpha value is -1.39. The van der Waals surface area contributed by atoms with Crippen LogP contribution >= 0.6 is 0 Å². The maximum absolute atomic E-state index is 11.8. The van der Waals surface area contributed by atoms with E-state index in [1.165, 1.54) is 0 Å². The first-order valence-corrected chi connectivity index (χ1v) is 5.69. The van der Waals surface area contributed by atoms with Crippen LogP contribution in [0.3, 0.4) is 0 Å². The quantitative estimate of drug-likeness (QED) is 0.764. The highest BCUT2D eigenvalue weighted by atomic mass is 16.5. The molecule has 1 aliphatic heterocycles. The van der Waals surface area contributed by atoms with Crippen molar-refractivity contribution in [1.29, 1.82) is 0 Å². The van der Waals surface area contributed by atoms with Crippen LogP contribution in [0.1, 0.15) is 44.8 Å². The molecule has 2 heterocycles. The summed E-state index contributed by atoms with van der Waals surface area (Å²) in [4.78, 5) is 18.0. The summed E-state index contributed by atoms with van der Waals surface area (Å²) < 4.78 is 5.22. The fourth-order valence-corrected chi connectivity index (χ4v) is 2.29. The molecule has 1 aliphatic rings. The van der Waals surface area contributed by atoms with Crippen LogP contribution in [0.5, 0.6) is 0 Å². The highest BCUT2D eigenvalue weighted by molar-refractivity contribution is 5.77. The molecule has 1 aromatic rings.